The standard InChI is InChI=1S/C30H35N5O4/c1-7-30(3,4)31-29(37)28(21-14-17-25(38-5)26(18-21)39-6)35(22-15-12-20(2)13-16-22)27(36)19-34-24-11-9-8-10-23(24)32-33-34/h8-18,28H,7,19H2,1-6H3,(H,31,37). The first-order valence-electron chi connectivity index (χ1n) is 12.9. The van der Waals surface area contributed by atoms with Crippen molar-refractivity contribution in [1.29, 1.82) is 0 Å². The number of ether oxygens (including phenoxy) is 2. The maximum Gasteiger partial charge on any atom is 0.249 e. The van der Waals surface area contributed by atoms with E-state index in [-0.39, 0.29) is 18.4 Å². The van der Waals surface area contributed by atoms with E-state index in [0.29, 0.717) is 34.7 Å². The molecule has 0 saturated carbocycles. The summed E-state index contributed by atoms with van der Waals surface area (Å²) in [4.78, 5) is 29.8. The molecule has 1 aromatic heterocycles. The SMILES string of the molecule is CCC(C)(C)NC(=O)C(c1ccc(OC)c(OC)c1)N(C(=O)Cn1nnc2ccccc21)c1ccc(C)cc1. The van der Waals surface area contributed by atoms with Crippen molar-refractivity contribution in [2.75, 3.05) is 19.1 Å². The Morgan fingerprint density at radius 1 is 1.00 bits per heavy atom. The Kier molecular flexibility index (Phi) is 8.18. The van der Waals surface area contributed by atoms with Gasteiger partial charge in [-0.1, -0.05) is 48.0 Å². The number of para-hydroxylation sites is 1. The molecule has 9 heteroatoms. The summed E-state index contributed by atoms with van der Waals surface area (Å²) in [6, 6.07) is 19.2. The van der Waals surface area contributed by atoms with E-state index >= 15 is 0 Å². The Bertz CT molecular complexity index is 1460. The van der Waals surface area contributed by atoms with Crippen molar-refractivity contribution < 1.29 is 19.1 Å². The van der Waals surface area contributed by atoms with Gasteiger partial charge in [-0.3, -0.25) is 14.5 Å². The largest absolute Gasteiger partial charge is 0.493 e. The molecule has 204 valence electrons. The van der Waals surface area contributed by atoms with Crippen molar-refractivity contribution >= 4 is 28.5 Å². The molecular formula is C30H35N5O4. The number of nitrogens with zero attached hydrogens (tertiary/aromatic N) is 4. The summed E-state index contributed by atoms with van der Waals surface area (Å²) in [6.45, 7) is 7.78. The van der Waals surface area contributed by atoms with Crippen LogP contribution in [-0.2, 0) is 16.1 Å². The van der Waals surface area contributed by atoms with Crippen molar-refractivity contribution in [3.8, 4) is 11.5 Å². The van der Waals surface area contributed by atoms with Crippen LogP contribution in [0, 0.1) is 6.92 Å². The number of hydrogen-bond acceptors (Lipinski definition) is 6. The van der Waals surface area contributed by atoms with Gasteiger partial charge < -0.3 is 14.8 Å². The zero-order valence-electron chi connectivity index (χ0n) is 23.3. The van der Waals surface area contributed by atoms with Gasteiger partial charge in [0.25, 0.3) is 0 Å². The molecule has 1 N–H and O–H groups in total. The second-order valence-electron chi connectivity index (χ2n) is 10.1. The number of benzene rings is 3. The van der Waals surface area contributed by atoms with Gasteiger partial charge in [0.1, 0.15) is 18.1 Å². The predicted octanol–water partition coefficient (Wildman–Crippen LogP) is 4.84. The van der Waals surface area contributed by atoms with Gasteiger partial charge in [0.05, 0.1) is 19.7 Å². The molecule has 1 atom stereocenters. The van der Waals surface area contributed by atoms with Crippen LogP contribution in [0.15, 0.2) is 66.7 Å². The zero-order valence-corrected chi connectivity index (χ0v) is 23.3. The van der Waals surface area contributed by atoms with Crippen molar-refractivity contribution in [2.45, 2.75) is 52.2 Å². The third-order valence-corrected chi connectivity index (χ3v) is 6.86. The first kappa shape index (κ1) is 27.6. The summed E-state index contributed by atoms with van der Waals surface area (Å²) in [5.41, 5.74) is 3.12. The fraction of sp³-hybridized carbons (Fsp3) is 0.333. The van der Waals surface area contributed by atoms with Crippen LogP contribution in [0.3, 0.4) is 0 Å². The van der Waals surface area contributed by atoms with Crippen molar-refractivity contribution in [1.82, 2.24) is 20.3 Å². The first-order chi connectivity index (χ1) is 18.7. The quantitative estimate of drug-likeness (QED) is 0.316. The van der Waals surface area contributed by atoms with Crippen LogP contribution in [0.4, 0.5) is 5.69 Å². The number of methoxy groups -OCH3 is 2. The van der Waals surface area contributed by atoms with Gasteiger partial charge in [0, 0.05) is 11.2 Å². The molecule has 9 nitrogen and oxygen atoms in total. The lowest BCUT2D eigenvalue weighted by molar-refractivity contribution is -0.128. The highest BCUT2D eigenvalue weighted by molar-refractivity contribution is 6.01. The highest BCUT2D eigenvalue weighted by Crippen LogP contribution is 2.35. The lowest BCUT2D eigenvalue weighted by Gasteiger charge is -2.35. The van der Waals surface area contributed by atoms with Gasteiger partial charge in [-0.15, -0.1) is 5.10 Å². The Morgan fingerprint density at radius 3 is 2.36 bits per heavy atom. The maximum absolute atomic E-state index is 14.2. The predicted molar refractivity (Wildman–Crippen MR) is 151 cm³/mol. The fourth-order valence-electron chi connectivity index (χ4n) is 4.31. The summed E-state index contributed by atoms with van der Waals surface area (Å²) >= 11 is 0. The summed E-state index contributed by atoms with van der Waals surface area (Å²) in [6.07, 6.45) is 0.709. The number of aryl methyl sites for hydroxylation is 1. The number of hydrogen-bond donors (Lipinski definition) is 1. The van der Waals surface area contributed by atoms with E-state index in [0.717, 1.165) is 11.1 Å². The summed E-state index contributed by atoms with van der Waals surface area (Å²) in [5.74, 6) is 0.350. The number of anilines is 1. The van der Waals surface area contributed by atoms with E-state index in [9.17, 15) is 9.59 Å². The Balaban J connectivity index is 1.86. The van der Waals surface area contributed by atoms with E-state index in [2.05, 4.69) is 15.6 Å². The number of nitrogens with one attached hydrogen (secondary N) is 1. The van der Waals surface area contributed by atoms with Crippen LogP contribution in [0.5, 0.6) is 11.5 Å². The molecule has 0 aliphatic heterocycles. The van der Waals surface area contributed by atoms with Crippen LogP contribution in [0.2, 0.25) is 0 Å². The van der Waals surface area contributed by atoms with Gasteiger partial charge in [0.15, 0.2) is 11.5 Å². The second-order valence-corrected chi connectivity index (χ2v) is 10.1. The van der Waals surface area contributed by atoms with E-state index in [4.69, 9.17) is 9.47 Å². The number of rotatable bonds is 10. The summed E-state index contributed by atoms with van der Waals surface area (Å²) in [7, 11) is 3.09. The maximum atomic E-state index is 14.2. The van der Waals surface area contributed by atoms with Crippen molar-refractivity contribution in [2.24, 2.45) is 0 Å². The molecule has 0 saturated heterocycles. The topological polar surface area (TPSA) is 98.6 Å². The molecule has 4 rings (SSSR count). The van der Waals surface area contributed by atoms with Crippen LogP contribution < -0.4 is 19.7 Å². The summed E-state index contributed by atoms with van der Waals surface area (Å²) in [5, 5.41) is 11.5. The molecule has 39 heavy (non-hydrogen) atoms. The molecule has 0 spiro atoms. The van der Waals surface area contributed by atoms with E-state index in [1.807, 2.05) is 76.2 Å². The monoisotopic (exact) mass is 529 g/mol. The van der Waals surface area contributed by atoms with Crippen LogP contribution in [0.1, 0.15) is 44.4 Å². The van der Waals surface area contributed by atoms with Crippen molar-refractivity contribution in [3.05, 3.63) is 77.9 Å². The fourth-order valence-corrected chi connectivity index (χ4v) is 4.31. The lowest BCUT2D eigenvalue weighted by atomic mass is 9.97. The molecule has 0 fully saturated rings. The highest BCUT2D eigenvalue weighted by Gasteiger charge is 2.36. The Morgan fingerprint density at radius 2 is 1.69 bits per heavy atom. The third-order valence-electron chi connectivity index (χ3n) is 6.86. The van der Waals surface area contributed by atoms with Gasteiger partial charge in [-0.05, 0) is 69.2 Å². The van der Waals surface area contributed by atoms with Gasteiger partial charge in [-0.25, -0.2) is 4.68 Å². The van der Waals surface area contributed by atoms with Gasteiger partial charge >= 0.3 is 0 Å². The number of aromatic nitrogens is 3. The van der Waals surface area contributed by atoms with Gasteiger partial charge in [0.2, 0.25) is 11.8 Å². The lowest BCUT2D eigenvalue weighted by Crippen LogP contribution is -2.51. The first-order valence-corrected chi connectivity index (χ1v) is 12.9. The average Bonchev–Trinajstić information content (AvgIpc) is 3.34. The molecule has 0 radical (unpaired) electrons. The normalized spacial score (nSPS) is 12.2. The average molecular weight is 530 g/mol. The molecule has 4 aromatic rings. The van der Waals surface area contributed by atoms with Crippen LogP contribution in [0.25, 0.3) is 11.0 Å². The molecule has 2 amide bonds. The molecule has 0 aliphatic carbocycles. The minimum absolute atomic E-state index is 0.109. The smallest absolute Gasteiger partial charge is 0.249 e. The summed E-state index contributed by atoms with van der Waals surface area (Å²) < 4.78 is 12.5. The number of amides is 2. The van der Waals surface area contributed by atoms with Crippen LogP contribution in [-0.4, -0.2) is 46.6 Å². The van der Waals surface area contributed by atoms with Gasteiger partial charge in [-0.2, -0.15) is 0 Å². The molecular weight excluding hydrogens is 494 g/mol. The van der Waals surface area contributed by atoms with E-state index in [1.54, 1.807) is 30.0 Å². The number of carbonyl (C=O) groups is 2. The molecule has 0 bridgehead atoms. The Hall–Kier alpha value is -4.40. The van der Waals surface area contributed by atoms with E-state index in [1.165, 1.54) is 12.0 Å². The molecule has 1 heterocycles. The Labute approximate surface area is 228 Å². The number of carbonyl (C=O) groups excluding carboxylic acids is 2. The van der Waals surface area contributed by atoms with Crippen molar-refractivity contribution in [3.63, 3.8) is 0 Å². The molecule has 1 unspecified atom stereocenters. The van der Waals surface area contributed by atoms with Crippen LogP contribution >= 0.6 is 0 Å². The zero-order chi connectivity index (χ0) is 28.2. The number of fused-ring (bicyclic) bond motifs is 1. The minimum atomic E-state index is -0.999. The molecule has 3 aromatic carbocycles. The van der Waals surface area contributed by atoms with E-state index < -0.39 is 11.6 Å². The molecule has 0 aliphatic rings. The highest BCUT2D eigenvalue weighted by atomic mass is 16.5. The third kappa shape index (κ3) is 6.03. The minimum Gasteiger partial charge on any atom is -0.493 e. The second kappa shape index (κ2) is 11.6.